The molecule has 116 valence electrons. The number of aryl methyl sites for hydroxylation is 1. The van der Waals surface area contributed by atoms with Gasteiger partial charge in [0.15, 0.2) is 0 Å². The first-order chi connectivity index (χ1) is 9.75. The summed E-state index contributed by atoms with van der Waals surface area (Å²) >= 11 is 0. The number of hydrogen-bond acceptors (Lipinski definition) is 4. The lowest BCUT2D eigenvalue weighted by molar-refractivity contribution is -0.137. The molecule has 1 aromatic carbocycles. The Hall–Kier alpha value is -1.97. The van der Waals surface area contributed by atoms with E-state index in [1.54, 1.807) is 6.07 Å². The van der Waals surface area contributed by atoms with E-state index in [2.05, 4.69) is 0 Å². The first-order valence-corrected chi connectivity index (χ1v) is 7.04. The standard InChI is InChI=1S/C17H24O4/c1-6-20-7-8-21-15(18)11-13-9-12(2)16(19)14(10-13)17(3,4)5/h7-10,19H,6,11H2,1-5H3/b8-7-. The zero-order valence-electron chi connectivity index (χ0n) is 13.4. The highest BCUT2D eigenvalue weighted by Crippen LogP contribution is 2.34. The van der Waals surface area contributed by atoms with Crippen LogP contribution in [0, 0.1) is 6.92 Å². The molecule has 0 fully saturated rings. The smallest absolute Gasteiger partial charge is 0.315 e. The van der Waals surface area contributed by atoms with Crippen LogP contribution in [0.1, 0.15) is 44.4 Å². The zero-order chi connectivity index (χ0) is 16.0. The Kier molecular flexibility index (Phi) is 5.82. The molecular weight excluding hydrogens is 268 g/mol. The fourth-order valence-corrected chi connectivity index (χ4v) is 1.98. The molecule has 0 saturated carbocycles. The van der Waals surface area contributed by atoms with Crippen molar-refractivity contribution in [3.8, 4) is 5.75 Å². The van der Waals surface area contributed by atoms with Gasteiger partial charge in [-0.25, -0.2) is 0 Å². The number of carbonyl (C=O) groups is 1. The summed E-state index contributed by atoms with van der Waals surface area (Å²) in [6, 6.07) is 3.66. The van der Waals surface area contributed by atoms with Crippen molar-refractivity contribution in [2.24, 2.45) is 0 Å². The molecule has 1 rings (SSSR count). The summed E-state index contributed by atoms with van der Waals surface area (Å²) in [6.45, 7) is 10.3. The summed E-state index contributed by atoms with van der Waals surface area (Å²) in [7, 11) is 0. The van der Waals surface area contributed by atoms with Gasteiger partial charge in [0.2, 0.25) is 0 Å². The fraction of sp³-hybridized carbons (Fsp3) is 0.471. The Morgan fingerprint density at radius 3 is 2.52 bits per heavy atom. The Morgan fingerprint density at radius 1 is 1.29 bits per heavy atom. The number of rotatable bonds is 5. The lowest BCUT2D eigenvalue weighted by Crippen LogP contribution is -2.13. The van der Waals surface area contributed by atoms with Gasteiger partial charge in [0, 0.05) is 0 Å². The number of phenolic OH excluding ortho intramolecular Hbond substituents is 1. The summed E-state index contributed by atoms with van der Waals surface area (Å²) in [5, 5.41) is 10.1. The van der Waals surface area contributed by atoms with E-state index in [4.69, 9.17) is 9.47 Å². The second kappa shape index (κ2) is 7.16. The quantitative estimate of drug-likeness (QED) is 0.665. The average molecular weight is 292 g/mol. The summed E-state index contributed by atoms with van der Waals surface area (Å²) in [6.07, 6.45) is 2.74. The van der Waals surface area contributed by atoms with E-state index in [1.165, 1.54) is 12.5 Å². The van der Waals surface area contributed by atoms with Crippen molar-refractivity contribution in [3.05, 3.63) is 41.3 Å². The lowest BCUT2D eigenvalue weighted by Gasteiger charge is -2.22. The molecule has 0 aromatic heterocycles. The summed E-state index contributed by atoms with van der Waals surface area (Å²) < 4.78 is 9.88. The monoisotopic (exact) mass is 292 g/mol. The van der Waals surface area contributed by atoms with Crippen LogP contribution in [0.4, 0.5) is 0 Å². The number of hydrogen-bond donors (Lipinski definition) is 1. The molecular formula is C17H24O4. The third-order valence-corrected chi connectivity index (χ3v) is 3.03. The summed E-state index contributed by atoms with van der Waals surface area (Å²) in [5.41, 5.74) is 2.22. The number of carbonyl (C=O) groups excluding carboxylic acids is 1. The van der Waals surface area contributed by atoms with Gasteiger partial charge < -0.3 is 14.6 Å². The predicted molar refractivity (Wildman–Crippen MR) is 82.1 cm³/mol. The van der Waals surface area contributed by atoms with Crippen molar-refractivity contribution in [3.63, 3.8) is 0 Å². The van der Waals surface area contributed by atoms with Crippen LogP contribution in [0.15, 0.2) is 24.7 Å². The van der Waals surface area contributed by atoms with E-state index in [0.717, 1.165) is 16.7 Å². The van der Waals surface area contributed by atoms with Crippen molar-refractivity contribution in [2.75, 3.05) is 6.61 Å². The molecule has 0 atom stereocenters. The van der Waals surface area contributed by atoms with Crippen molar-refractivity contribution >= 4 is 5.97 Å². The van der Waals surface area contributed by atoms with E-state index in [-0.39, 0.29) is 23.6 Å². The largest absolute Gasteiger partial charge is 0.507 e. The molecule has 0 spiro atoms. The molecule has 0 aliphatic rings. The number of ether oxygens (including phenoxy) is 2. The van der Waals surface area contributed by atoms with Gasteiger partial charge in [-0.3, -0.25) is 4.79 Å². The molecule has 1 N–H and O–H groups in total. The van der Waals surface area contributed by atoms with E-state index >= 15 is 0 Å². The van der Waals surface area contributed by atoms with Gasteiger partial charge in [0.1, 0.15) is 18.3 Å². The maximum Gasteiger partial charge on any atom is 0.315 e. The molecule has 0 saturated heterocycles. The van der Waals surface area contributed by atoms with E-state index in [0.29, 0.717) is 6.61 Å². The summed E-state index contributed by atoms with van der Waals surface area (Å²) in [5.74, 6) is -0.0771. The second-order valence-corrected chi connectivity index (χ2v) is 5.95. The molecule has 0 unspecified atom stereocenters. The van der Waals surface area contributed by atoms with Crippen LogP contribution in [-0.2, 0) is 26.1 Å². The molecule has 0 aliphatic heterocycles. The highest BCUT2D eigenvalue weighted by atomic mass is 16.5. The number of benzene rings is 1. The van der Waals surface area contributed by atoms with E-state index < -0.39 is 0 Å². The van der Waals surface area contributed by atoms with E-state index in [9.17, 15) is 9.90 Å². The second-order valence-electron chi connectivity index (χ2n) is 5.95. The van der Waals surface area contributed by atoms with Gasteiger partial charge in [0.05, 0.1) is 13.0 Å². The lowest BCUT2D eigenvalue weighted by atomic mass is 9.84. The number of esters is 1. The molecule has 21 heavy (non-hydrogen) atoms. The predicted octanol–water partition coefficient (Wildman–Crippen LogP) is 3.59. The Bertz CT molecular complexity index is 524. The minimum absolute atomic E-state index is 0.153. The molecule has 0 bridgehead atoms. The van der Waals surface area contributed by atoms with Crippen LogP contribution in [-0.4, -0.2) is 17.7 Å². The number of aromatic hydroxyl groups is 1. The fourth-order valence-electron chi connectivity index (χ4n) is 1.98. The SMILES string of the molecule is CCO/C=C\OC(=O)Cc1cc(C)c(O)c(C(C)(C)C)c1. The molecule has 0 heterocycles. The maximum atomic E-state index is 11.7. The minimum Gasteiger partial charge on any atom is -0.507 e. The third kappa shape index (κ3) is 5.14. The Balaban J connectivity index is 2.85. The summed E-state index contributed by atoms with van der Waals surface area (Å²) in [4.78, 5) is 11.7. The molecule has 0 radical (unpaired) electrons. The normalized spacial score (nSPS) is 11.7. The third-order valence-electron chi connectivity index (χ3n) is 3.03. The Labute approximate surface area is 126 Å². The van der Waals surface area contributed by atoms with Crippen molar-refractivity contribution in [1.82, 2.24) is 0 Å². The topological polar surface area (TPSA) is 55.8 Å². The highest BCUT2D eigenvalue weighted by Gasteiger charge is 2.20. The van der Waals surface area contributed by atoms with E-state index in [1.807, 2.05) is 40.7 Å². The van der Waals surface area contributed by atoms with Gasteiger partial charge in [0.25, 0.3) is 0 Å². The molecule has 4 heteroatoms. The van der Waals surface area contributed by atoms with Crippen LogP contribution in [0.25, 0.3) is 0 Å². The first-order valence-electron chi connectivity index (χ1n) is 7.04. The van der Waals surface area contributed by atoms with Crippen molar-refractivity contribution < 1.29 is 19.4 Å². The van der Waals surface area contributed by atoms with Crippen molar-refractivity contribution in [1.29, 1.82) is 0 Å². The number of phenols is 1. The van der Waals surface area contributed by atoms with Gasteiger partial charge in [-0.15, -0.1) is 0 Å². The van der Waals surface area contributed by atoms with Crippen LogP contribution >= 0.6 is 0 Å². The van der Waals surface area contributed by atoms with Crippen LogP contribution in [0.3, 0.4) is 0 Å². The zero-order valence-corrected chi connectivity index (χ0v) is 13.4. The molecule has 0 amide bonds. The first kappa shape index (κ1) is 17.1. The molecule has 0 aliphatic carbocycles. The van der Waals surface area contributed by atoms with Gasteiger partial charge in [-0.1, -0.05) is 32.9 Å². The van der Waals surface area contributed by atoms with Gasteiger partial charge in [-0.05, 0) is 36.0 Å². The minimum atomic E-state index is -0.365. The molecule has 4 nitrogen and oxygen atoms in total. The maximum absolute atomic E-state index is 11.7. The average Bonchev–Trinajstić information content (AvgIpc) is 2.37. The highest BCUT2D eigenvalue weighted by molar-refractivity contribution is 5.73. The van der Waals surface area contributed by atoms with Crippen LogP contribution in [0.5, 0.6) is 5.75 Å². The Morgan fingerprint density at radius 2 is 1.95 bits per heavy atom. The van der Waals surface area contributed by atoms with Crippen molar-refractivity contribution in [2.45, 2.75) is 46.5 Å². The van der Waals surface area contributed by atoms with Gasteiger partial charge in [-0.2, -0.15) is 0 Å². The molecule has 1 aromatic rings. The van der Waals surface area contributed by atoms with Crippen LogP contribution < -0.4 is 0 Å². The van der Waals surface area contributed by atoms with Crippen LogP contribution in [0.2, 0.25) is 0 Å². The van der Waals surface area contributed by atoms with Gasteiger partial charge >= 0.3 is 5.97 Å².